The Hall–Kier alpha value is -1.02. The Morgan fingerprint density at radius 2 is 2.08 bits per heavy atom. The molecule has 70 valence electrons. The molecule has 0 aliphatic rings. The van der Waals surface area contributed by atoms with Crippen molar-refractivity contribution in [2.45, 2.75) is 20.8 Å². The van der Waals surface area contributed by atoms with Crippen molar-refractivity contribution < 1.29 is 0 Å². The van der Waals surface area contributed by atoms with Crippen LogP contribution in [0, 0.1) is 6.92 Å². The van der Waals surface area contributed by atoms with E-state index >= 15 is 0 Å². The maximum atomic E-state index is 5.94. The summed E-state index contributed by atoms with van der Waals surface area (Å²) in [6, 6.07) is 1.80. The molecule has 1 N–H and O–H groups in total. The summed E-state index contributed by atoms with van der Waals surface area (Å²) in [6.45, 7) is 6.01. The Morgan fingerprint density at radius 3 is 2.69 bits per heavy atom. The number of hydrogen-bond donors (Lipinski definition) is 1. The molecular formula is C10H13ClN2. The Labute approximate surface area is 82.9 Å². The molecule has 0 aliphatic carbocycles. The molecule has 0 atom stereocenters. The van der Waals surface area contributed by atoms with Gasteiger partial charge in [-0.05, 0) is 18.6 Å². The molecule has 2 aromatic heterocycles. The van der Waals surface area contributed by atoms with Crippen LogP contribution in [0.5, 0.6) is 0 Å². The average molecular weight is 197 g/mol. The van der Waals surface area contributed by atoms with Gasteiger partial charge < -0.3 is 4.98 Å². The fourth-order valence-electron chi connectivity index (χ4n) is 1.17. The van der Waals surface area contributed by atoms with Crippen LogP contribution in [0.3, 0.4) is 0 Å². The van der Waals surface area contributed by atoms with E-state index in [4.69, 9.17) is 11.6 Å². The maximum Gasteiger partial charge on any atom is 0.138 e. The molecule has 2 nitrogen and oxygen atoms in total. The van der Waals surface area contributed by atoms with Gasteiger partial charge in [-0.1, -0.05) is 25.4 Å². The van der Waals surface area contributed by atoms with E-state index in [2.05, 4.69) is 9.97 Å². The van der Waals surface area contributed by atoms with Crippen LogP contribution in [0.15, 0.2) is 18.5 Å². The van der Waals surface area contributed by atoms with Crippen LogP contribution in [0.25, 0.3) is 11.0 Å². The van der Waals surface area contributed by atoms with E-state index in [0.717, 1.165) is 21.6 Å². The summed E-state index contributed by atoms with van der Waals surface area (Å²) < 4.78 is 0. The lowest BCUT2D eigenvalue weighted by atomic mass is 10.2. The summed E-state index contributed by atoms with van der Waals surface area (Å²) in [5.41, 5.74) is 1.99. The highest BCUT2D eigenvalue weighted by Crippen LogP contribution is 2.23. The molecule has 0 saturated carbocycles. The Morgan fingerprint density at radius 1 is 1.38 bits per heavy atom. The molecule has 0 amide bonds. The number of H-pyrrole nitrogens is 1. The van der Waals surface area contributed by atoms with Gasteiger partial charge in [-0.2, -0.15) is 0 Å². The zero-order valence-corrected chi connectivity index (χ0v) is 8.81. The molecule has 2 rings (SSSR count). The molecule has 0 bridgehead atoms. The molecule has 0 fully saturated rings. The van der Waals surface area contributed by atoms with Crippen molar-refractivity contribution >= 4 is 22.6 Å². The van der Waals surface area contributed by atoms with Gasteiger partial charge in [0.25, 0.3) is 0 Å². The number of nitrogens with one attached hydrogen (secondary N) is 1. The number of halogens is 1. The summed E-state index contributed by atoms with van der Waals surface area (Å²) in [7, 11) is 0. The van der Waals surface area contributed by atoms with E-state index < -0.39 is 0 Å². The fourth-order valence-corrected chi connectivity index (χ4v) is 1.47. The summed E-state index contributed by atoms with van der Waals surface area (Å²) in [5.74, 6) is 0. The molecule has 0 spiro atoms. The molecule has 0 unspecified atom stereocenters. The standard InChI is InChI=1S/C8H7ClN2.C2H6/c1-5-4-11-8-7(5)6(9)2-3-10-8;1-2/h2-4H,1H3,(H,10,11);1-2H3. The van der Waals surface area contributed by atoms with Crippen LogP contribution in [-0.2, 0) is 0 Å². The summed E-state index contributed by atoms with van der Waals surface area (Å²) in [4.78, 5) is 7.16. The first-order valence-corrected chi connectivity index (χ1v) is 4.75. The minimum absolute atomic E-state index is 0.758. The van der Waals surface area contributed by atoms with Crippen molar-refractivity contribution in [3.8, 4) is 0 Å². The zero-order chi connectivity index (χ0) is 9.84. The number of aromatic amines is 1. The number of nitrogens with zero attached hydrogens (tertiary/aromatic N) is 1. The number of fused-ring (bicyclic) bond motifs is 1. The number of rotatable bonds is 0. The van der Waals surface area contributed by atoms with E-state index in [9.17, 15) is 0 Å². The molecular weight excluding hydrogens is 184 g/mol. The largest absolute Gasteiger partial charge is 0.346 e. The fraction of sp³-hybridized carbons (Fsp3) is 0.300. The highest BCUT2D eigenvalue weighted by atomic mass is 35.5. The predicted octanol–water partition coefficient (Wildman–Crippen LogP) is 3.55. The highest BCUT2D eigenvalue weighted by Gasteiger charge is 2.02. The van der Waals surface area contributed by atoms with Crippen LogP contribution < -0.4 is 0 Å². The molecule has 2 aromatic rings. The molecule has 2 heterocycles. The normalized spacial score (nSPS) is 9.54. The molecule has 13 heavy (non-hydrogen) atoms. The summed E-state index contributed by atoms with van der Waals surface area (Å²) >= 11 is 5.94. The minimum Gasteiger partial charge on any atom is -0.346 e. The quantitative estimate of drug-likeness (QED) is 0.686. The van der Waals surface area contributed by atoms with Crippen molar-refractivity contribution in [2.75, 3.05) is 0 Å². The van der Waals surface area contributed by atoms with Gasteiger partial charge in [0.05, 0.1) is 5.02 Å². The smallest absolute Gasteiger partial charge is 0.138 e. The second-order valence-electron chi connectivity index (χ2n) is 2.49. The Bertz CT molecular complexity index is 393. The van der Waals surface area contributed by atoms with Gasteiger partial charge in [0.15, 0.2) is 0 Å². The number of hydrogen-bond acceptors (Lipinski definition) is 1. The summed E-state index contributed by atoms with van der Waals surface area (Å²) in [5, 5.41) is 1.78. The third-order valence-corrected chi connectivity index (χ3v) is 2.03. The van der Waals surface area contributed by atoms with E-state index in [1.807, 2.05) is 27.0 Å². The first kappa shape index (κ1) is 10.1. The van der Waals surface area contributed by atoms with Crippen LogP contribution in [-0.4, -0.2) is 9.97 Å². The van der Waals surface area contributed by atoms with Crippen LogP contribution in [0.4, 0.5) is 0 Å². The third-order valence-electron chi connectivity index (χ3n) is 1.72. The van der Waals surface area contributed by atoms with Gasteiger partial charge in [-0.25, -0.2) is 4.98 Å². The van der Waals surface area contributed by atoms with Crippen molar-refractivity contribution in [1.29, 1.82) is 0 Å². The van der Waals surface area contributed by atoms with Crippen molar-refractivity contribution in [3.63, 3.8) is 0 Å². The van der Waals surface area contributed by atoms with Gasteiger partial charge in [0.2, 0.25) is 0 Å². The minimum atomic E-state index is 0.758. The van der Waals surface area contributed by atoms with Gasteiger partial charge in [-0.15, -0.1) is 0 Å². The molecule has 0 aromatic carbocycles. The van der Waals surface area contributed by atoms with E-state index in [0.29, 0.717) is 0 Å². The molecule has 3 heteroatoms. The summed E-state index contributed by atoms with van der Waals surface area (Å²) in [6.07, 6.45) is 3.60. The predicted molar refractivity (Wildman–Crippen MR) is 57.2 cm³/mol. The molecule has 0 saturated heterocycles. The lowest BCUT2D eigenvalue weighted by Gasteiger charge is -1.92. The Kier molecular flexibility index (Phi) is 3.32. The number of pyridine rings is 1. The van der Waals surface area contributed by atoms with Gasteiger partial charge in [0.1, 0.15) is 5.65 Å². The lowest BCUT2D eigenvalue weighted by Crippen LogP contribution is -1.75. The zero-order valence-electron chi connectivity index (χ0n) is 8.06. The van der Waals surface area contributed by atoms with Crippen LogP contribution >= 0.6 is 11.6 Å². The van der Waals surface area contributed by atoms with Crippen LogP contribution in [0.1, 0.15) is 19.4 Å². The van der Waals surface area contributed by atoms with Gasteiger partial charge >= 0.3 is 0 Å². The average Bonchev–Trinajstić information content (AvgIpc) is 2.53. The third kappa shape index (κ3) is 1.83. The second-order valence-corrected chi connectivity index (χ2v) is 2.90. The lowest BCUT2D eigenvalue weighted by molar-refractivity contribution is 1.32. The second kappa shape index (κ2) is 4.28. The van der Waals surface area contributed by atoms with E-state index in [1.165, 1.54) is 0 Å². The van der Waals surface area contributed by atoms with Crippen molar-refractivity contribution in [1.82, 2.24) is 9.97 Å². The topological polar surface area (TPSA) is 28.7 Å². The van der Waals surface area contributed by atoms with Crippen molar-refractivity contribution in [3.05, 3.63) is 29.0 Å². The molecule has 0 radical (unpaired) electrons. The van der Waals surface area contributed by atoms with Crippen molar-refractivity contribution in [2.24, 2.45) is 0 Å². The first-order chi connectivity index (χ1) is 6.29. The monoisotopic (exact) mass is 196 g/mol. The SMILES string of the molecule is CC.Cc1c[nH]c2nccc(Cl)c12. The highest BCUT2D eigenvalue weighted by molar-refractivity contribution is 6.35. The van der Waals surface area contributed by atoms with E-state index in [-0.39, 0.29) is 0 Å². The maximum absolute atomic E-state index is 5.94. The first-order valence-electron chi connectivity index (χ1n) is 4.37. The Balaban J connectivity index is 0.000000396. The van der Waals surface area contributed by atoms with E-state index in [1.54, 1.807) is 12.3 Å². The molecule has 0 aliphatic heterocycles. The van der Waals surface area contributed by atoms with Crippen LogP contribution in [0.2, 0.25) is 5.02 Å². The number of aromatic nitrogens is 2. The number of aryl methyl sites for hydroxylation is 1. The van der Waals surface area contributed by atoms with Gasteiger partial charge in [-0.3, -0.25) is 0 Å². The van der Waals surface area contributed by atoms with Gasteiger partial charge in [0, 0.05) is 17.8 Å².